The zero-order valence-corrected chi connectivity index (χ0v) is 16.3. The van der Waals surface area contributed by atoms with Gasteiger partial charge in [0.1, 0.15) is 0 Å². The number of hydrogen-bond acceptors (Lipinski definition) is 3. The maximum Gasteiger partial charge on any atom is 0.417 e. The number of carbonyl (C=O) groups is 1. The van der Waals surface area contributed by atoms with Crippen LogP contribution < -0.4 is 4.72 Å². The maximum absolute atomic E-state index is 13.1. The molecule has 0 unspecified atom stereocenters. The summed E-state index contributed by atoms with van der Waals surface area (Å²) in [4.78, 5) is 12.1. The van der Waals surface area contributed by atoms with Crippen molar-refractivity contribution in [1.82, 2.24) is 4.72 Å². The highest BCUT2D eigenvalue weighted by molar-refractivity contribution is 7.93. The summed E-state index contributed by atoms with van der Waals surface area (Å²) in [5.41, 5.74) is -2.65. The molecule has 0 fully saturated rings. The number of carbonyl (C=O) groups excluding carboxylic acids is 1. The van der Waals surface area contributed by atoms with Crippen molar-refractivity contribution in [2.75, 3.05) is 0 Å². The van der Waals surface area contributed by atoms with Crippen LogP contribution in [0.3, 0.4) is 0 Å². The molecule has 0 aliphatic carbocycles. The van der Waals surface area contributed by atoms with Crippen LogP contribution in [-0.4, -0.2) is 14.3 Å². The lowest BCUT2D eigenvalue weighted by Crippen LogP contribution is -2.31. The molecule has 4 nitrogen and oxygen atoms in total. The lowest BCUT2D eigenvalue weighted by molar-refractivity contribution is -0.143. The van der Waals surface area contributed by atoms with Crippen molar-refractivity contribution in [3.63, 3.8) is 0 Å². The van der Waals surface area contributed by atoms with Crippen LogP contribution in [-0.2, 0) is 22.4 Å². The van der Waals surface area contributed by atoms with Gasteiger partial charge in [0, 0.05) is 0 Å². The molecule has 0 heterocycles. The first-order chi connectivity index (χ1) is 13.6. The van der Waals surface area contributed by atoms with Crippen molar-refractivity contribution in [2.45, 2.75) is 26.2 Å². The number of alkyl halides is 6. The highest BCUT2D eigenvalue weighted by Crippen LogP contribution is 2.37. The van der Waals surface area contributed by atoms with Crippen molar-refractivity contribution in [1.29, 1.82) is 0 Å². The first-order valence-corrected chi connectivity index (χ1v) is 9.76. The quantitative estimate of drug-likeness (QED) is 0.661. The molecule has 0 aromatic heterocycles. The number of nitrogens with one attached hydrogen (secondary N) is 1. The summed E-state index contributed by atoms with van der Waals surface area (Å²) < 4.78 is 103. The molecule has 0 aliphatic heterocycles. The Morgan fingerprint density at radius 3 is 2.10 bits per heavy atom. The standard InChI is InChI=1S/C19H15F6NO3S/c1-11-3-4-13(12(2)9-11)7-8-30(28,29)26-17(27)15-6-5-14(18(20,21)22)10-16(15)19(23,24)25/h3-10H,1-2H3,(H,26,27)/b8-7+. The fourth-order valence-corrected chi connectivity index (χ4v) is 3.31. The zero-order chi connectivity index (χ0) is 22.9. The Labute approximate surface area is 168 Å². The fourth-order valence-electron chi connectivity index (χ4n) is 2.55. The zero-order valence-electron chi connectivity index (χ0n) is 15.5. The van der Waals surface area contributed by atoms with Gasteiger partial charge in [-0.1, -0.05) is 23.8 Å². The molecule has 0 aliphatic rings. The van der Waals surface area contributed by atoms with Gasteiger partial charge in [0.05, 0.1) is 22.1 Å². The Kier molecular flexibility index (Phi) is 6.36. The van der Waals surface area contributed by atoms with Crippen molar-refractivity contribution in [3.8, 4) is 0 Å². The van der Waals surface area contributed by atoms with Crippen LogP contribution in [0.4, 0.5) is 26.3 Å². The summed E-state index contributed by atoms with van der Waals surface area (Å²) in [5.74, 6) is -1.71. The normalized spacial score (nSPS) is 12.9. The topological polar surface area (TPSA) is 63.2 Å². The number of sulfonamides is 1. The summed E-state index contributed by atoms with van der Waals surface area (Å²) in [7, 11) is -4.52. The molecule has 162 valence electrons. The third-order valence-corrected chi connectivity index (χ3v) is 4.95. The van der Waals surface area contributed by atoms with E-state index in [1.807, 2.05) is 6.92 Å². The van der Waals surface area contributed by atoms with E-state index in [0.717, 1.165) is 17.2 Å². The third-order valence-electron chi connectivity index (χ3n) is 3.98. The highest BCUT2D eigenvalue weighted by atomic mass is 32.2. The number of halogens is 6. The van der Waals surface area contributed by atoms with Gasteiger partial charge in [0.25, 0.3) is 15.9 Å². The summed E-state index contributed by atoms with van der Waals surface area (Å²) in [5, 5.41) is 0.583. The minimum atomic E-state index is -5.31. The molecule has 0 bridgehead atoms. The lowest BCUT2D eigenvalue weighted by atomic mass is 10.0. The molecule has 0 spiro atoms. The second-order valence-electron chi connectivity index (χ2n) is 6.39. The van der Waals surface area contributed by atoms with Crippen LogP contribution in [0.5, 0.6) is 0 Å². The van der Waals surface area contributed by atoms with Crippen molar-refractivity contribution in [2.24, 2.45) is 0 Å². The van der Waals surface area contributed by atoms with E-state index in [0.29, 0.717) is 11.0 Å². The Balaban J connectivity index is 2.35. The van der Waals surface area contributed by atoms with Crippen molar-refractivity contribution < 1.29 is 39.6 Å². The summed E-state index contributed by atoms with van der Waals surface area (Å²) in [6.07, 6.45) is -9.25. The fraction of sp³-hybridized carbons (Fsp3) is 0.211. The number of amides is 1. The Morgan fingerprint density at radius 1 is 0.933 bits per heavy atom. The maximum atomic E-state index is 13.1. The number of benzene rings is 2. The van der Waals surface area contributed by atoms with Crippen molar-refractivity contribution >= 4 is 22.0 Å². The highest BCUT2D eigenvalue weighted by Gasteiger charge is 2.39. The third kappa shape index (κ3) is 5.85. The summed E-state index contributed by atoms with van der Waals surface area (Å²) >= 11 is 0. The van der Waals surface area contributed by atoms with Crippen LogP contribution >= 0.6 is 0 Å². The predicted molar refractivity (Wildman–Crippen MR) is 97.8 cm³/mol. The van der Waals surface area contributed by atoms with E-state index in [4.69, 9.17) is 0 Å². The molecule has 2 rings (SSSR count). The van der Waals surface area contributed by atoms with E-state index >= 15 is 0 Å². The molecule has 30 heavy (non-hydrogen) atoms. The molecule has 2 aromatic rings. The molecule has 0 saturated heterocycles. The van der Waals surface area contributed by atoms with Crippen LogP contribution in [0.1, 0.15) is 38.2 Å². The Morgan fingerprint density at radius 2 is 1.57 bits per heavy atom. The number of rotatable bonds is 4. The second-order valence-corrected chi connectivity index (χ2v) is 7.96. The first kappa shape index (κ1) is 23.5. The molecule has 0 radical (unpaired) electrons. The monoisotopic (exact) mass is 451 g/mol. The number of hydrogen-bond donors (Lipinski definition) is 1. The van der Waals surface area contributed by atoms with Crippen LogP contribution in [0.25, 0.3) is 6.08 Å². The Hall–Kier alpha value is -2.82. The molecule has 11 heteroatoms. The van der Waals surface area contributed by atoms with Crippen molar-refractivity contribution in [3.05, 3.63) is 75.2 Å². The van der Waals surface area contributed by atoms with Gasteiger partial charge in [0.15, 0.2) is 0 Å². The SMILES string of the molecule is Cc1ccc(/C=C/S(=O)(=O)NC(=O)c2ccc(C(F)(F)F)cc2C(F)(F)F)c(C)c1. The van der Waals surface area contributed by atoms with E-state index in [1.165, 1.54) is 4.72 Å². The molecule has 0 atom stereocenters. The van der Waals surface area contributed by atoms with Crippen LogP contribution in [0.15, 0.2) is 41.8 Å². The second kappa shape index (κ2) is 8.13. The van der Waals surface area contributed by atoms with Gasteiger partial charge in [-0.25, -0.2) is 13.1 Å². The average molecular weight is 451 g/mol. The van der Waals surface area contributed by atoms with Gasteiger partial charge in [-0.15, -0.1) is 0 Å². The minimum Gasteiger partial charge on any atom is -0.268 e. The van der Waals surface area contributed by atoms with Gasteiger partial charge in [0.2, 0.25) is 0 Å². The van der Waals surface area contributed by atoms with E-state index in [9.17, 15) is 39.6 Å². The van der Waals surface area contributed by atoms with Gasteiger partial charge < -0.3 is 0 Å². The molecule has 1 N–H and O–H groups in total. The summed E-state index contributed by atoms with van der Waals surface area (Å²) in [6, 6.07) is 5.38. The average Bonchev–Trinajstić information content (AvgIpc) is 2.58. The van der Waals surface area contributed by atoms with E-state index in [2.05, 4.69) is 0 Å². The lowest BCUT2D eigenvalue weighted by Gasteiger charge is -2.15. The molecule has 2 aromatic carbocycles. The smallest absolute Gasteiger partial charge is 0.268 e. The van der Waals surface area contributed by atoms with E-state index in [-0.39, 0.29) is 18.2 Å². The molecular formula is C19H15F6NO3S. The van der Waals surface area contributed by atoms with E-state index < -0.39 is 45.0 Å². The minimum absolute atomic E-state index is 0.243. The van der Waals surface area contributed by atoms with Crippen LogP contribution in [0, 0.1) is 13.8 Å². The van der Waals surface area contributed by atoms with Gasteiger partial charge >= 0.3 is 12.4 Å². The van der Waals surface area contributed by atoms with Gasteiger partial charge in [-0.3, -0.25) is 4.79 Å². The largest absolute Gasteiger partial charge is 0.417 e. The summed E-state index contributed by atoms with van der Waals surface area (Å²) in [6.45, 7) is 3.52. The molecule has 1 amide bonds. The van der Waals surface area contributed by atoms with Gasteiger partial charge in [-0.05, 0) is 49.2 Å². The van der Waals surface area contributed by atoms with Crippen LogP contribution in [0.2, 0.25) is 0 Å². The van der Waals surface area contributed by atoms with Gasteiger partial charge in [-0.2, -0.15) is 26.3 Å². The Bertz CT molecular complexity index is 1100. The molecule has 0 saturated carbocycles. The first-order valence-electron chi connectivity index (χ1n) is 8.21. The predicted octanol–water partition coefficient (Wildman–Crippen LogP) is 5.07. The number of aryl methyl sites for hydroxylation is 2. The van der Waals surface area contributed by atoms with E-state index in [1.54, 1.807) is 25.1 Å². The molecular weight excluding hydrogens is 436 g/mol.